The van der Waals surface area contributed by atoms with Gasteiger partial charge in [-0.2, -0.15) is 0 Å². The van der Waals surface area contributed by atoms with Crippen LogP contribution in [-0.4, -0.2) is 20.6 Å². The summed E-state index contributed by atoms with van der Waals surface area (Å²) in [7, 11) is 18.3. The first kappa shape index (κ1) is 27.7. The van der Waals surface area contributed by atoms with Crippen LogP contribution in [0.25, 0.3) is 0 Å². The van der Waals surface area contributed by atoms with E-state index in [0.717, 1.165) is 6.42 Å². The number of hydrogen-bond donors (Lipinski definition) is 0. The van der Waals surface area contributed by atoms with Crippen LogP contribution in [0.3, 0.4) is 0 Å². The van der Waals surface area contributed by atoms with E-state index < -0.39 is 0 Å². The molecule has 2 nitrogen and oxygen atoms in total. The summed E-state index contributed by atoms with van der Waals surface area (Å²) >= 11 is 2.00. The fourth-order valence-corrected chi connectivity index (χ4v) is 5.09. The van der Waals surface area contributed by atoms with Crippen LogP contribution in [0.2, 0.25) is 0 Å². The molecule has 0 unspecified atom stereocenters. The molecule has 2 aromatic carbocycles. The summed E-state index contributed by atoms with van der Waals surface area (Å²) < 4.78 is 4.16. The van der Waals surface area contributed by atoms with Crippen molar-refractivity contribution in [3.8, 4) is 0 Å². The zero-order valence-corrected chi connectivity index (χ0v) is 23.6. The van der Waals surface area contributed by atoms with E-state index in [-0.39, 0.29) is 13.1 Å². The summed E-state index contributed by atoms with van der Waals surface area (Å²) in [5, 5.41) is 0. The second-order valence-electron chi connectivity index (χ2n) is 8.03. The Morgan fingerprint density at radius 1 is 0.758 bits per heavy atom. The minimum atomic E-state index is 0.194. The van der Waals surface area contributed by atoms with Gasteiger partial charge >= 0.3 is 33.3 Å². The Morgan fingerprint density at radius 3 is 1.36 bits per heavy atom. The summed E-state index contributed by atoms with van der Waals surface area (Å²) in [5.74, 6) is 0. The molecule has 1 aliphatic rings. The number of para-hydroxylation sites is 2. The molecule has 3 rings (SSSR count). The Morgan fingerprint density at radius 2 is 1.06 bits per heavy atom. The van der Waals surface area contributed by atoms with Gasteiger partial charge in [-0.1, -0.05) is 48.6 Å². The molecule has 0 radical (unpaired) electrons. The number of hydrogen-bond acceptors (Lipinski definition) is 1. The van der Waals surface area contributed by atoms with Gasteiger partial charge in [-0.05, 0) is 70.2 Å². The van der Waals surface area contributed by atoms with Gasteiger partial charge in [0.25, 0.3) is 0 Å². The van der Waals surface area contributed by atoms with Crippen molar-refractivity contribution in [3.05, 3.63) is 94.7 Å². The molecular weight excluding hydrogens is 511 g/mol. The first-order valence-corrected chi connectivity index (χ1v) is 14.4. The number of benzene rings is 2. The Balaban J connectivity index is 0.00000122. The van der Waals surface area contributed by atoms with Crippen molar-refractivity contribution in [3.63, 3.8) is 0 Å². The van der Waals surface area contributed by atoms with Gasteiger partial charge in [0.2, 0.25) is 0 Å². The normalized spacial score (nSPS) is 15.0. The molecule has 178 valence electrons. The monoisotopic (exact) mass is 542 g/mol. The van der Waals surface area contributed by atoms with Crippen molar-refractivity contribution in [2.24, 2.45) is 0 Å². The van der Waals surface area contributed by atoms with Crippen molar-refractivity contribution in [2.75, 3.05) is 0 Å². The van der Waals surface area contributed by atoms with Gasteiger partial charge in [-0.25, -0.2) is 0 Å². The predicted molar refractivity (Wildman–Crippen MR) is 144 cm³/mol. The molecule has 0 aromatic heterocycles. The quantitative estimate of drug-likeness (QED) is 0.162. The number of rotatable bonds is 4. The molecule has 0 aliphatic carbocycles. The van der Waals surface area contributed by atoms with Gasteiger partial charge < -0.3 is 9.15 Å². The van der Waals surface area contributed by atoms with Crippen molar-refractivity contribution in [1.82, 2.24) is 0 Å². The van der Waals surface area contributed by atoms with Crippen molar-refractivity contribution in [1.29, 1.82) is 0 Å². The molecule has 0 bridgehead atoms. The van der Waals surface area contributed by atoms with E-state index >= 15 is 0 Å². The molecule has 1 aliphatic heterocycles. The second kappa shape index (κ2) is 12.8. The second-order valence-corrected chi connectivity index (χ2v) is 10.9. The topological polar surface area (TPSA) is 6.02 Å². The standard InChI is InChI=1S/C27H32N2S.2ClH.Fe/c1-18-12-9-13-19(2)26(18)28(7)22(5)24-16-11-17-25(30-24)23(6)29(8)27-20(3)14-10-15-21(27)4;;;/h9-10,12-17H,7-8,11H2,1-6H3;2*1H;/q;;;+2/p-2. The third kappa shape index (κ3) is 6.74. The number of nitrogens with zero attached hydrogens (tertiary/aromatic N) is 2. The minimum absolute atomic E-state index is 0.194. The van der Waals surface area contributed by atoms with Crippen LogP contribution in [0, 0.1) is 41.8 Å². The molecule has 2 aromatic rings. The van der Waals surface area contributed by atoms with E-state index in [2.05, 4.69) is 113 Å². The van der Waals surface area contributed by atoms with E-state index in [1.165, 1.54) is 54.9 Å². The molecule has 0 saturated heterocycles. The fourth-order valence-electron chi connectivity index (χ4n) is 3.98. The molecule has 0 spiro atoms. The van der Waals surface area contributed by atoms with Gasteiger partial charge in [-0.3, -0.25) is 0 Å². The van der Waals surface area contributed by atoms with E-state index in [9.17, 15) is 0 Å². The molecule has 33 heavy (non-hydrogen) atoms. The van der Waals surface area contributed by atoms with Gasteiger partial charge in [0, 0.05) is 23.9 Å². The number of halogens is 2. The molecule has 0 atom stereocenters. The number of allylic oxidation sites excluding steroid dienone is 4. The summed E-state index contributed by atoms with van der Waals surface area (Å²) in [4.78, 5) is 2.50. The molecule has 0 N–H and O–H groups in total. The van der Waals surface area contributed by atoms with Crippen LogP contribution in [0.5, 0.6) is 0 Å². The van der Waals surface area contributed by atoms with Crippen LogP contribution in [-0.2, 0) is 13.1 Å². The zero-order valence-electron chi connectivity index (χ0n) is 20.2. The first-order valence-electron chi connectivity index (χ1n) is 10.6. The summed E-state index contributed by atoms with van der Waals surface area (Å²) in [5.41, 5.74) is 9.65. The summed E-state index contributed by atoms with van der Waals surface area (Å²) in [6, 6.07) is 12.8. The van der Waals surface area contributed by atoms with Crippen molar-refractivity contribution >= 4 is 54.8 Å². The molecule has 1 heterocycles. The summed E-state index contributed by atoms with van der Waals surface area (Å²) in [6.45, 7) is 12.9. The van der Waals surface area contributed by atoms with Crippen molar-refractivity contribution < 1.29 is 22.3 Å². The Labute approximate surface area is 218 Å². The van der Waals surface area contributed by atoms with Crippen LogP contribution >= 0.6 is 32.0 Å². The van der Waals surface area contributed by atoms with Crippen LogP contribution in [0.4, 0.5) is 11.4 Å². The van der Waals surface area contributed by atoms with Gasteiger partial charge in [0.1, 0.15) is 11.4 Å². The van der Waals surface area contributed by atoms with Crippen LogP contribution in [0.1, 0.15) is 42.5 Å². The van der Waals surface area contributed by atoms with E-state index in [0.29, 0.717) is 0 Å². The summed E-state index contributed by atoms with van der Waals surface area (Å²) in [6.07, 6.45) is 5.48. The first-order chi connectivity index (χ1) is 15.6. The fraction of sp³-hybridized carbons (Fsp3) is 0.259. The molecule has 0 amide bonds. The maximum atomic E-state index is 4.76. The van der Waals surface area contributed by atoms with Crippen LogP contribution < -0.4 is 0 Å². The average Bonchev–Trinajstić information content (AvgIpc) is 2.78. The molecule has 0 saturated carbocycles. The van der Waals surface area contributed by atoms with Crippen molar-refractivity contribution in [2.45, 2.75) is 48.0 Å². The third-order valence-electron chi connectivity index (χ3n) is 5.77. The maximum absolute atomic E-state index is 4.76. The number of aryl methyl sites for hydroxylation is 4. The number of thioether (sulfide) groups is 1. The van der Waals surface area contributed by atoms with Gasteiger partial charge in [0.15, 0.2) is 0 Å². The van der Waals surface area contributed by atoms with Gasteiger partial charge in [0.05, 0.1) is 11.4 Å². The molecular formula is C27H32Cl2FeN2S. The Kier molecular flexibility index (Phi) is 10.7. The van der Waals surface area contributed by atoms with E-state index in [4.69, 9.17) is 20.2 Å². The predicted octanol–water partition coefficient (Wildman–Crippen LogP) is 8.69. The van der Waals surface area contributed by atoms with E-state index in [1.54, 1.807) is 11.8 Å². The Hall–Kier alpha value is -1.55. The molecule has 6 heteroatoms. The average molecular weight is 543 g/mol. The van der Waals surface area contributed by atoms with Crippen LogP contribution in [0.15, 0.2) is 58.4 Å². The third-order valence-corrected chi connectivity index (χ3v) is 7.13. The zero-order chi connectivity index (χ0) is 24.7. The molecule has 0 fully saturated rings. The van der Waals surface area contributed by atoms with Gasteiger partial charge in [-0.15, -0.1) is 11.8 Å². The Bertz CT molecular complexity index is 1020. The SMILES string of the molecule is [CH2-][N+](=C(C)C1=CCC=C(C(C)=[N+]([CH2-])c2c(C)cccc2C)S1)c1c(C)cccc1C.[Cl][Fe][Cl]. The van der Waals surface area contributed by atoms with E-state index in [1.807, 2.05) is 0 Å².